The minimum atomic E-state index is -0.405. The summed E-state index contributed by atoms with van der Waals surface area (Å²) in [5.74, 6) is 2.68. The Morgan fingerprint density at radius 1 is 1.25 bits per heavy atom. The first-order chi connectivity index (χ1) is 9.70. The molecule has 1 aromatic carbocycles. The van der Waals surface area contributed by atoms with Crippen molar-refractivity contribution < 1.29 is 9.84 Å². The largest absolute Gasteiger partial charge is 0.497 e. The Labute approximate surface area is 121 Å². The van der Waals surface area contributed by atoms with Crippen LogP contribution in [0.15, 0.2) is 24.3 Å². The molecule has 110 valence electrons. The van der Waals surface area contributed by atoms with Gasteiger partial charge < -0.3 is 15.2 Å². The van der Waals surface area contributed by atoms with Crippen LogP contribution in [0.1, 0.15) is 37.9 Å². The fraction of sp³-hybridized carbons (Fsp3) is 0.647. The first-order valence-corrected chi connectivity index (χ1v) is 7.76. The van der Waals surface area contributed by atoms with E-state index in [1.54, 1.807) is 7.11 Å². The lowest BCUT2D eigenvalue weighted by Gasteiger charge is -2.29. The van der Waals surface area contributed by atoms with Crippen LogP contribution in [-0.2, 0) is 0 Å². The third-order valence-electron chi connectivity index (χ3n) is 5.32. The number of ether oxygens (including phenoxy) is 1. The number of nitrogens with one attached hydrogen (secondary N) is 1. The molecule has 1 aliphatic carbocycles. The van der Waals surface area contributed by atoms with Crippen LogP contribution in [0.2, 0.25) is 0 Å². The summed E-state index contributed by atoms with van der Waals surface area (Å²) in [6.07, 6.45) is 3.64. The predicted octanol–water partition coefficient (Wildman–Crippen LogP) is 2.75. The number of fused-ring (bicyclic) bond motifs is 1. The minimum absolute atomic E-state index is 0.247. The van der Waals surface area contributed by atoms with E-state index in [0.717, 1.165) is 29.7 Å². The van der Waals surface area contributed by atoms with Crippen LogP contribution in [0.25, 0.3) is 0 Å². The number of hydrogen-bond donors (Lipinski definition) is 2. The molecule has 3 rings (SSSR count). The summed E-state index contributed by atoms with van der Waals surface area (Å²) in [4.78, 5) is 0. The van der Waals surface area contributed by atoms with Gasteiger partial charge in [-0.2, -0.15) is 0 Å². The number of methoxy groups -OCH3 is 1. The lowest BCUT2D eigenvalue weighted by Crippen LogP contribution is -2.36. The van der Waals surface area contributed by atoms with E-state index in [2.05, 4.69) is 12.2 Å². The lowest BCUT2D eigenvalue weighted by atomic mass is 9.82. The van der Waals surface area contributed by atoms with Crippen LogP contribution in [-0.4, -0.2) is 24.8 Å². The van der Waals surface area contributed by atoms with Crippen molar-refractivity contribution in [1.29, 1.82) is 0 Å². The molecule has 1 heterocycles. The van der Waals surface area contributed by atoms with Gasteiger partial charge in [0.1, 0.15) is 5.75 Å². The van der Waals surface area contributed by atoms with Gasteiger partial charge in [0.25, 0.3) is 0 Å². The smallest absolute Gasteiger partial charge is 0.118 e. The molecule has 0 aromatic heterocycles. The Kier molecular flexibility index (Phi) is 3.99. The quantitative estimate of drug-likeness (QED) is 0.888. The summed E-state index contributed by atoms with van der Waals surface area (Å²) in [6.45, 7) is 3.31. The highest BCUT2D eigenvalue weighted by Gasteiger charge is 2.42. The number of rotatable bonds is 4. The molecular weight excluding hydrogens is 250 g/mol. The van der Waals surface area contributed by atoms with E-state index in [0.29, 0.717) is 6.04 Å². The standard InChI is InChI=1S/C17H25NO2/c1-11(16-15-5-3-4-13(15)10-18-16)17(19)12-6-8-14(20-2)9-7-12/h6-9,11,13,15-19H,3-5,10H2,1-2H3. The molecule has 0 amide bonds. The van der Waals surface area contributed by atoms with Crippen molar-refractivity contribution in [3.8, 4) is 5.75 Å². The van der Waals surface area contributed by atoms with E-state index in [1.165, 1.54) is 19.3 Å². The van der Waals surface area contributed by atoms with Gasteiger partial charge in [-0.25, -0.2) is 0 Å². The van der Waals surface area contributed by atoms with Crippen molar-refractivity contribution in [3.05, 3.63) is 29.8 Å². The molecule has 2 fully saturated rings. The molecule has 0 bridgehead atoms. The van der Waals surface area contributed by atoms with Gasteiger partial charge in [-0.15, -0.1) is 0 Å². The van der Waals surface area contributed by atoms with Gasteiger partial charge in [0.2, 0.25) is 0 Å². The van der Waals surface area contributed by atoms with Gasteiger partial charge in [0.05, 0.1) is 13.2 Å². The molecule has 0 radical (unpaired) electrons. The van der Waals surface area contributed by atoms with Crippen molar-refractivity contribution >= 4 is 0 Å². The molecule has 1 saturated heterocycles. The third kappa shape index (κ3) is 2.45. The fourth-order valence-electron chi connectivity index (χ4n) is 4.11. The van der Waals surface area contributed by atoms with Gasteiger partial charge in [0, 0.05) is 12.0 Å². The molecule has 2 aliphatic rings. The highest BCUT2D eigenvalue weighted by Crippen LogP contribution is 2.42. The van der Waals surface area contributed by atoms with Crippen LogP contribution >= 0.6 is 0 Å². The molecule has 1 saturated carbocycles. The average molecular weight is 275 g/mol. The van der Waals surface area contributed by atoms with E-state index in [1.807, 2.05) is 24.3 Å². The van der Waals surface area contributed by atoms with E-state index >= 15 is 0 Å². The zero-order valence-electron chi connectivity index (χ0n) is 12.4. The molecule has 1 aromatic rings. The summed E-state index contributed by atoms with van der Waals surface area (Å²) in [6, 6.07) is 8.25. The Morgan fingerprint density at radius 3 is 2.70 bits per heavy atom. The normalized spacial score (nSPS) is 31.9. The average Bonchev–Trinajstić information content (AvgIpc) is 3.08. The van der Waals surface area contributed by atoms with Crippen LogP contribution in [0, 0.1) is 17.8 Å². The van der Waals surface area contributed by atoms with Crippen molar-refractivity contribution in [3.63, 3.8) is 0 Å². The number of hydrogen-bond acceptors (Lipinski definition) is 3. The van der Waals surface area contributed by atoms with Crippen LogP contribution in [0.5, 0.6) is 5.75 Å². The Hall–Kier alpha value is -1.06. The summed E-state index contributed by atoms with van der Waals surface area (Å²) in [5.41, 5.74) is 0.988. The highest BCUT2D eigenvalue weighted by atomic mass is 16.5. The first kappa shape index (κ1) is 13.9. The number of aliphatic hydroxyl groups is 1. The molecule has 0 spiro atoms. The van der Waals surface area contributed by atoms with Gasteiger partial charge in [-0.3, -0.25) is 0 Å². The van der Waals surface area contributed by atoms with E-state index < -0.39 is 6.10 Å². The second-order valence-electron chi connectivity index (χ2n) is 6.37. The first-order valence-electron chi connectivity index (χ1n) is 7.76. The Balaban J connectivity index is 1.70. The number of benzene rings is 1. The molecule has 1 aliphatic heterocycles. The van der Waals surface area contributed by atoms with Gasteiger partial charge in [-0.05, 0) is 48.9 Å². The van der Waals surface area contributed by atoms with Gasteiger partial charge >= 0.3 is 0 Å². The fourth-order valence-corrected chi connectivity index (χ4v) is 4.11. The summed E-state index contributed by atoms with van der Waals surface area (Å²) in [7, 11) is 1.66. The monoisotopic (exact) mass is 275 g/mol. The molecule has 20 heavy (non-hydrogen) atoms. The van der Waals surface area contributed by atoms with Gasteiger partial charge in [0.15, 0.2) is 0 Å². The molecular formula is C17H25NO2. The molecule has 5 unspecified atom stereocenters. The minimum Gasteiger partial charge on any atom is -0.497 e. The number of aliphatic hydroxyl groups excluding tert-OH is 1. The van der Waals surface area contributed by atoms with Crippen LogP contribution in [0.3, 0.4) is 0 Å². The van der Waals surface area contributed by atoms with E-state index in [9.17, 15) is 5.11 Å². The molecule has 3 nitrogen and oxygen atoms in total. The van der Waals surface area contributed by atoms with Gasteiger partial charge in [-0.1, -0.05) is 25.5 Å². The lowest BCUT2D eigenvalue weighted by molar-refractivity contribution is 0.0861. The molecule has 2 N–H and O–H groups in total. The predicted molar refractivity (Wildman–Crippen MR) is 79.7 cm³/mol. The van der Waals surface area contributed by atoms with Crippen molar-refractivity contribution in [1.82, 2.24) is 5.32 Å². The van der Waals surface area contributed by atoms with E-state index in [-0.39, 0.29) is 5.92 Å². The van der Waals surface area contributed by atoms with Crippen molar-refractivity contribution in [2.24, 2.45) is 17.8 Å². The molecule has 5 atom stereocenters. The summed E-state index contributed by atoms with van der Waals surface area (Å²) >= 11 is 0. The maximum Gasteiger partial charge on any atom is 0.118 e. The molecule has 3 heteroatoms. The maximum atomic E-state index is 10.7. The van der Waals surface area contributed by atoms with Crippen molar-refractivity contribution in [2.45, 2.75) is 38.3 Å². The van der Waals surface area contributed by atoms with Crippen LogP contribution in [0.4, 0.5) is 0 Å². The maximum absolute atomic E-state index is 10.7. The second kappa shape index (κ2) is 5.74. The van der Waals surface area contributed by atoms with Crippen LogP contribution < -0.4 is 10.1 Å². The SMILES string of the molecule is COc1ccc(C(O)C(C)C2NCC3CCCC32)cc1. The van der Waals surface area contributed by atoms with Crippen molar-refractivity contribution in [2.75, 3.05) is 13.7 Å². The zero-order valence-corrected chi connectivity index (χ0v) is 12.4. The zero-order chi connectivity index (χ0) is 14.1. The second-order valence-corrected chi connectivity index (χ2v) is 6.37. The summed E-state index contributed by atoms with van der Waals surface area (Å²) in [5, 5.41) is 14.3. The topological polar surface area (TPSA) is 41.5 Å². The van der Waals surface area contributed by atoms with E-state index in [4.69, 9.17) is 4.74 Å². The highest BCUT2D eigenvalue weighted by molar-refractivity contribution is 5.29. The Morgan fingerprint density at radius 2 is 2.00 bits per heavy atom. The third-order valence-corrected chi connectivity index (χ3v) is 5.32. The Bertz CT molecular complexity index is 445. The summed E-state index contributed by atoms with van der Waals surface area (Å²) < 4.78 is 5.17.